The van der Waals surface area contributed by atoms with E-state index in [1.807, 2.05) is 50.2 Å². The molecule has 2 rings (SSSR count). The molecule has 0 bridgehead atoms. The summed E-state index contributed by atoms with van der Waals surface area (Å²) in [6.45, 7) is 4.16. The van der Waals surface area contributed by atoms with Gasteiger partial charge in [-0.1, -0.05) is 30.3 Å². The van der Waals surface area contributed by atoms with Crippen LogP contribution < -0.4 is 11.1 Å². The van der Waals surface area contributed by atoms with Crippen LogP contribution in [0.2, 0.25) is 0 Å². The summed E-state index contributed by atoms with van der Waals surface area (Å²) in [5.41, 5.74) is 5.19. The van der Waals surface area contributed by atoms with Gasteiger partial charge in [0.05, 0.1) is 17.9 Å². The lowest BCUT2D eigenvalue weighted by atomic mass is 9.83. The summed E-state index contributed by atoms with van der Waals surface area (Å²) in [5.74, 6) is -1.22. The molecule has 0 aromatic heterocycles. The summed E-state index contributed by atoms with van der Waals surface area (Å²) in [6, 6.07) is 9.64. The lowest BCUT2D eigenvalue weighted by Gasteiger charge is -2.33. The Bertz CT molecular complexity index is 724. The van der Waals surface area contributed by atoms with Crippen LogP contribution in [0.5, 0.6) is 0 Å². The molecule has 0 aliphatic carbocycles. The third-order valence-electron chi connectivity index (χ3n) is 4.72. The number of hydrogen-bond acceptors (Lipinski definition) is 4. The predicted octanol–water partition coefficient (Wildman–Crippen LogP) is 0.839. The molecule has 2 atom stereocenters. The summed E-state index contributed by atoms with van der Waals surface area (Å²) >= 11 is 0. The van der Waals surface area contributed by atoms with E-state index in [0.29, 0.717) is 19.4 Å². The zero-order valence-corrected chi connectivity index (χ0v) is 15.1. The van der Waals surface area contributed by atoms with Crippen LogP contribution in [-0.4, -0.2) is 41.2 Å². The molecule has 1 aromatic rings. The molecule has 1 aromatic carbocycles. The number of nitrogens with one attached hydrogen (secondary N) is 1. The second kappa shape index (κ2) is 8.00. The third kappa shape index (κ3) is 4.20. The van der Waals surface area contributed by atoms with Crippen molar-refractivity contribution in [2.75, 3.05) is 6.54 Å². The number of carbonyl (C=O) groups excluding carboxylic acids is 3. The zero-order valence-electron chi connectivity index (χ0n) is 15.1. The first kappa shape index (κ1) is 19.4. The Kier molecular flexibility index (Phi) is 5.98. The molecule has 1 saturated heterocycles. The Morgan fingerprint density at radius 1 is 1.35 bits per heavy atom. The number of nitrogens with two attached hydrogens (primary N) is 1. The first-order chi connectivity index (χ1) is 12.3. The van der Waals surface area contributed by atoms with Gasteiger partial charge in [0.2, 0.25) is 17.7 Å². The van der Waals surface area contributed by atoms with Gasteiger partial charge in [-0.2, -0.15) is 5.26 Å². The number of primary amides is 1. The third-order valence-corrected chi connectivity index (χ3v) is 4.72. The molecule has 138 valence electrons. The molecule has 0 spiro atoms. The second-order valence-electron chi connectivity index (χ2n) is 7.01. The lowest BCUT2D eigenvalue weighted by Crippen LogP contribution is -2.52. The second-order valence-corrected chi connectivity index (χ2v) is 7.01. The molecule has 1 heterocycles. The molecule has 0 saturated carbocycles. The lowest BCUT2D eigenvalue weighted by molar-refractivity contribution is -0.142. The quantitative estimate of drug-likeness (QED) is 0.785. The van der Waals surface area contributed by atoms with Crippen LogP contribution in [0.1, 0.15) is 38.7 Å². The van der Waals surface area contributed by atoms with Crippen molar-refractivity contribution in [3.8, 4) is 6.07 Å². The van der Waals surface area contributed by atoms with Crippen LogP contribution in [-0.2, 0) is 19.8 Å². The van der Waals surface area contributed by atoms with Crippen LogP contribution in [0.15, 0.2) is 30.3 Å². The van der Waals surface area contributed by atoms with E-state index in [2.05, 4.69) is 5.32 Å². The number of benzene rings is 1. The summed E-state index contributed by atoms with van der Waals surface area (Å²) in [5, 5.41) is 11.6. The molecule has 3 N–H and O–H groups in total. The molecule has 3 amide bonds. The Morgan fingerprint density at radius 2 is 2.00 bits per heavy atom. The van der Waals surface area contributed by atoms with Crippen LogP contribution in [0.4, 0.5) is 0 Å². The molecule has 0 radical (unpaired) electrons. The normalized spacial score (nSPS) is 18.0. The number of rotatable bonds is 6. The number of carbonyl (C=O) groups is 3. The van der Waals surface area contributed by atoms with Crippen molar-refractivity contribution in [3.63, 3.8) is 0 Å². The molecule has 1 aliphatic heterocycles. The molecule has 7 nitrogen and oxygen atoms in total. The Balaban J connectivity index is 2.14. The van der Waals surface area contributed by atoms with E-state index in [4.69, 9.17) is 11.0 Å². The average molecular weight is 356 g/mol. The highest BCUT2D eigenvalue weighted by atomic mass is 16.2. The van der Waals surface area contributed by atoms with Crippen molar-refractivity contribution in [2.24, 2.45) is 5.73 Å². The van der Waals surface area contributed by atoms with Gasteiger partial charge >= 0.3 is 0 Å². The monoisotopic (exact) mass is 356 g/mol. The van der Waals surface area contributed by atoms with E-state index in [0.717, 1.165) is 5.56 Å². The van der Waals surface area contributed by atoms with Gasteiger partial charge in [0, 0.05) is 6.54 Å². The zero-order chi connectivity index (χ0) is 19.3. The van der Waals surface area contributed by atoms with Crippen molar-refractivity contribution < 1.29 is 14.4 Å². The van der Waals surface area contributed by atoms with E-state index in [1.54, 1.807) is 4.90 Å². The summed E-state index contributed by atoms with van der Waals surface area (Å²) < 4.78 is 0. The number of amides is 3. The molecule has 1 fully saturated rings. The molecule has 1 aliphatic rings. The maximum absolute atomic E-state index is 13.1. The average Bonchev–Trinajstić information content (AvgIpc) is 3.10. The van der Waals surface area contributed by atoms with E-state index in [1.165, 1.54) is 0 Å². The first-order valence-corrected chi connectivity index (χ1v) is 8.62. The highest BCUT2D eigenvalue weighted by Gasteiger charge is 2.41. The highest BCUT2D eigenvalue weighted by Crippen LogP contribution is 2.29. The maximum Gasteiger partial charge on any atom is 0.243 e. The van der Waals surface area contributed by atoms with E-state index >= 15 is 0 Å². The van der Waals surface area contributed by atoms with Gasteiger partial charge in [0.25, 0.3) is 0 Å². The number of hydrogen-bond donors (Lipinski definition) is 2. The van der Waals surface area contributed by atoms with Crippen molar-refractivity contribution in [1.82, 2.24) is 10.2 Å². The number of nitrogens with zero attached hydrogens (tertiary/aromatic N) is 2. The Labute approximate surface area is 153 Å². The SMILES string of the molecule is CC(C)(C(=O)N1CCC[C@H]1C(=O)N[C@H](C#N)CC(N)=O)c1ccccc1. The van der Waals surface area contributed by atoms with E-state index in [9.17, 15) is 14.4 Å². The maximum atomic E-state index is 13.1. The molecular weight excluding hydrogens is 332 g/mol. The van der Waals surface area contributed by atoms with Crippen LogP contribution >= 0.6 is 0 Å². The fourth-order valence-corrected chi connectivity index (χ4v) is 3.22. The largest absolute Gasteiger partial charge is 0.370 e. The van der Waals surface area contributed by atoms with Gasteiger partial charge in [-0.3, -0.25) is 14.4 Å². The van der Waals surface area contributed by atoms with Crippen molar-refractivity contribution in [1.29, 1.82) is 5.26 Å². The standard InChI is InChI=1S/C19H24N4O3/c1-19(2,13-7-4-3-5-8-13)18(26)23-10-6-9-15(23)17(25)22-14(12-20)11-16(21)24/h3-5,7-8,14-15H,6,9-11H2,1-2H3,(H2,21,24)(H,22,25)/t14-,15-/m0/s1. The predicted molar refractivity (Wildman–Crippen MR) is 95.6 cm³/mol. The van der Waals surface area contributed by atoms with Crippen molar-refractivity contribution in [2.45, 2.75) is 50.6 Å². The van der Waals surface area contributed by atoms with Gasteiger partial charge in [0.1, 0.15) is 12.1 Å². The molecule has 7 heteroatoms. The molecule has 0 unspecified atom stereocenters. The van der Waals surface area contributed by atoms with Crippen LogP contribution in [0.25, 0.3) is 0 Å². The van der Waals surface area contributed by atoms with Gasteiger partial charge in [-0.15, -0.1) is 0 Å². The first-order valence-electron chi connectivity index (χ1n) is 8.62. The van der Waals surface area contributed by atoms with E-state index < -0.39 is 29.3 Å². The van der Waals surface area contributed by atoms with Gasteiger partial charge in [-0.25, -0.2) is 0 Å². The Morgan fingerprint density at radius 3 is 2.58 bits per heavy atom. The highest BCUT2D eigenvalue weighted by molar-refractivity contribution is 5.93. The smallest absolute Gasteiger partial charge is 0.243 e. The van der Waals surface area contributed by atoms with Crippen LogP contribution in [0, 0.1) is 11.3 Å². The summed E-state index contributed by atoms with van der Waals surface area (Å²) in [4.78, 5) is 38.2. The molecule has 26 heavy (non-hydrogen) atoms. The fraction of sp³-hybridized carbons (Fsp3) is 0.474. The number of likely N-dealkylation sites (tertiary alicyclic amines) is 1. The Hall–Kier alpha value is -2.88. The minimum atomic E-state index is -0.986. The topological polar surface area (TPSA) is 116 Å². The summed E-state index contributed by atoms with van der Waals surface area (Å²) in [6.07, 6.45) is 0.983. The minimum absolute atomic E-state index is 0.134. The van der Waals surface area contributed by atoms with Gasteiger partial charge in [-0.05, 0) is 32.3 Å². The van der Waals surface area contributed by atoms with Crippen molar-refractivity contribution in [3.05, 3.63) is 35.9 Å². The fourth-order valence-electron chi connectivity index (χ4n) is 3.22. The van der Waals surface area contributed by atoms with Crippen LogP contribution in [0.3, 0.4) is 0 Å². The van der Waals surface area contributed by atoms with E-state index in [-0.39, 0.29) is 12.3 Å². The van der Waals surface area contributed by atoms with Crippen molar-refractivity contribution >= 4 is 17.7 Å². The molecular formula is C19H24N4O3. The minimum Gasteiger partial charge on any atom is -0.370 e. The number of nitriles is 1. The van der Waals surface area contributed by atoms with Gasteiger partial charge in [0.15, 0.2) is 0 Å². The van der Waals surface area contributed by atoms with Gasteiger partial charge < -0.3 is 16.0 Å². The summed E-state index contributed by atoms with van der Waals surface area (Å²) in [7, 11) is 0.